The largest absolute Gasteiger partial charge is 0.464 e. The van der Waals surface area contributed by atoms with Gasteiger partial charge in [-0.1, -0.05) is 45.4 Å². The van der Waals surface area contributed by atoms with Crippen LogP contribution in [0.1, 0.15) is 53.9 Å². The summed E-state index contributed by atoms with van der Waals surface area (Å²) < 4.78 is 38.5. The first-order valence-corrected chi connectivity index (χ1v) is 16.0. The van der Waals surface area contributed by atoms with Crippen molar-refractivity contribution in [1.29, 1.82) is 0 Å². The van der Waals surface area contributed by atoms with Crippen LogP contribution < -0.4 is 20.9 Å². The maximum atomic E-state index is 14.1. The Morgan fingerprint density at radius 1 is 1.18 bits per heavy atom. The minimum atomic E-state index is -4.19. The van der Waals surface area contributed by atoms with Gasteiger partial charge in [-0.3, -0.25) is 28.5 Å². The number of aromatic amines is 1. The fraction of sp³-hybridized carbons (Fsp3) is 0.483. The zero-order valence-corrected chi connectivity index (χ0v) is 26.3. The van der Waals surface area contributed by atoms with E-state index in [1.807, 2.05) is 6.92 Å². The summed E-state index contributed by atoms with van der Waals surface area (Å²) in [6, 6.07) is 7.38. The molecular weight excluding hydrogens is 591 g/mol. The molecule has 1 aliphatic carbocycles. The zero-order valence-electron chi connectivity index (χ0n) is 25.4. The third kappa shape index (κ3) is 8.13. The number of imidazole rings is 1. The van der Waals surface area contributed by atoms with Gasteiger partial charge in [0.05, 0.1) is 24.0 Å². The van der Waals surface area contributed by atoms with Crippen molar-refractivity contribution in [2.75, 3.05) is 18.9 Å². The van der Waals surface area contributed by atoms with Crippen molar-refractivity contribution in [3.8, 4) is 5.75 Å². The van der Waals surface area contributed by atoms with E-state index in [4.69, 9.17) is 24.3 Å². The first-order valence-electron chi connectivity index (χ1n) is 14.4. The van der Waals surface area contributed by atoms with Crippen LogP contribution in [0.2, 0.25) is 0 Å². The van der Waals surface area contributed by atoms with Crippen LogP contribution in [-0.2, 0) is 28.2 Å². The molecule has 1 aliphatic rings. The molecule has 1 unspecified atom stereocenters. The lowest BCUT2D eigenvalue weighted by molar-refractivity contribution is -0.151. The zero-order chi connectivity index (χ0) is 32.1. The summed E-state index contributed by atoms with van der Waals surface area (Å²) >= 11 is 0. The maximum Gasteiger partial charge on any atom is 0.459 e. The molecule has 0 amide bonds. The van der Waals surface area contributed by atoms with Gasteiger partial charge in [0.2, 0.25) is 5.95 Å². The predicted molar refractivity (Wildman–Crippen MR) is 163 cm³/mol. The van der Waals surface area contributed by atoms with E-state index in [0.717, 1.165) is 12.0 Å². The number of H-pyrrole nitrogens is 1. The first kappa shape index (κ1) is 32.9. The molecule has 0 radical (unpaired) electrons. The van der Waals surface area contributed by atoms with Gasteiger partial charge >= 0.3 is 19.7 Å². The van der Waals surface area contributed by atoms with Gasteiger partial charge in [-0.2, -0.15) is 10.1 Å². The number of fused-ring (bicyclic) bond motifs is 1. The molecule has 4 N–H and O–H groups in total. The SMILES string of the molecule is CCC[C@H](C)OC(=O)[C@H](C)NP(=O)(OC[C@]1(COC(=O)C(C)C)C/C1=C/n1cnc2c(=O)[nH]c(N)nc21)Oc1ccccc1. The Kier molecular flexibility index (Phi) is 10.3. The van der Waals surface area contributed by atoms with E-state index in [9.17, 15) is 18.9 Å². The molecule has 2 heterocycles. The van der Waals surface area contributed by atoms with Gasteiger partial charge in [0.1, 0.15) is 24.7 Å². The highest BCUT2D eigenvalue weighted by Gasteiger charge is 2.52. The third-order valence-electron chi connectivity index (χ3n) is 6.99. The summed E-state index contributed by atoms with van der Waals surface area (Å²) in [6.45, 7) is 8.45. The van der Waals surface area contributed by atoms with Gasteiger partial charge in [0.25, 0.3) is 5.56 Å². The summed E-state index contributed by atoms with van der Waals surface area (Å²) in [5.41, 5.74) is 5.46. The van der Waals surface area contributed by atoms with Crippen LogP contribution in [0.4, 0.5) is 5.95 Å². The van der Waals surface area contributed by atoms with Gasteiger partial charge in [-0.25, -0.2) is 9.55 Å². The molecule has 4 atom stereocenters. The number of carbonyl (C=O) groups is 2. The second-order valence-corrected chi connectivity index (χ2v) is 12.9. The van der Waals surface area contributed by atoms with Crippen molar-refractivity contribution in [1.82, 2.24) is 24.6 Å². The Morgan fingerprint density at radius 3 is 2.59 bits per heavy atom. The molecule has 1 saturated carbocycles. The molecule has 0 bridgehead atoms. The number of hydrogen-bond donors (Lipinski definition) is 3. The minimum Gasteiger partial charge on any atom is -0.464 e. The van der Waals surface area contributed by atoms with Gasteiger partial charge < -0.3 is 19.7 Å². The number of esters is 2. The van der Waals surface area contributed by atoms with E-state index in [0.29, 0.717) is 12.8 Å². The Balaban J connectivity index is 1.60. The fourth-order valence-electron chi connectivity index (χ4n) is 4.39. The number of hydrogen-bond acceptors (Lipinski definition) is 11. The van der Waals surface area contributed by atoms with Crippen molar-refractivity contribution in [3.63, 3.8) is 0 Å². The standard InChI is InChI=1S/C29H39N6O8P/c1-6-10-19(4)42-27(38)20(5)34-44(39,43-22-11-8-7-9-12-22)41-16-29(15-40-26(37)18(2)3)13-21(29)14-35-17-31-23-24(35)32-28(30)33-25(23)36/h7-9,11-12,14,17-20H,6,10,13,15-16H2,1-5H3,(H,34,39)(H3,30,32,33,36)/b21-14-/t19-,20-,29+,44?/m0/s1. The number of benzene rings is 1. The minimum absolute atomic E-state index is 0.0688. The molecule has 15 heteroatoms. The van der Waals surface area contributed by atoms with Crippen molar-refractivity contribution >= 4 is 43.0 Å². The van der Waals surface area contributed by atoms with Gasteiger partial charge in [-0.05, 0) is 44.4 Å². The normalized spacial score (nSPS) is 19.8. The predicted octanol–water partition coefficient (Wildman–Crippen LogP) is 4.05. The summed E-state index contributed by atoms with van der Waals surface area (Å²) in [4.78, 5) is 48.1. The van der Waals surface area contributed by atoms with Crippen LogP contribution in [-0.4, -0.2) is 56.8 Å². The summed E-state index contributed by atoms with van der Waals surface area (Å²) in [5, 5.41) is 2.70. The van der Waals surface area contributed by atoms with Crippen LogP contribution in [0.5, 0.6) is 5.75 Å². The van der Waals surface area contributed by atoms with Crippen molar-refractivity contribution in [2.45, 2.75) is 66.0 Å². The summed E-state index contributed by atoms with van der Waals surface area (Å²) in [5.74, 6) is -1.20. The molecule has 0 spiro atoms. The van der Waals surface area contributed by atoms with Crippen LogP contribution in [0.15, 0.2) is 47.0 Å². The number of para-hydroxylation sites is 1. The van der Waals surface area contributed by atoms with Crippen molar-refractivity contribution in [3.05, 3.63) is 52.6 Å². The smallest absolute Gasteiger partial charge is 0.459 e. The van der Waals surface area contributed by atoms with Crippen LogP contribution in [0.25, 0.3) is 17.4 Å². The highest BCUT2D eigenvalue weighted by Crippen LogP contribution is 2.56. The number of nitrogen functional groups attached to an aromatic ring is 1. The molecule has 0 saturated heterocycles. The van der Waals surface area contributed by atoms with Crippen LogP contribution in [0.3, 0.4) is 0 Å². The number of nitrogens with two attached hydrogens (primary N) is 1. The third-order valence-corrected chi connectivity index (χ3v) is 8.61. The molecule has 1 fully saturated rings. The Hall–Kier alpha value is -4.00. The van der Waals surface area contributed by atoms with Crippen LogP contribution in [0, 0.1) is 11.3 Å². The average molecular weight is 631 g/mol. The summed E-state index contributed by atoms with van der Waals surface area (Å²) in [6.07, 6.45) is 4.71. The van der Waals surface area contributed by atoms with E-state index < -0.39 is 36.7 Å². The van der Waals surface area contributed by atoms with Crippen LogP contribution >= 0.6 is 7.75 Å². The highest BCUT2D eigenvalue weighted by molar-refractivity contribution is 7.52. The second kappa shape index (κ2) is 13.7. The number of aromatic nitrogens is 4. The molecule has 2 aromatic heterocycles. The number of nitrogens with zero attached hydrogens (tertiary/aromatic N) is 3. The lowest BCUT2D eigenvalue weighted by Gasteiger charge is -2.25. The monoisotopic (exact) mass is 630 g/mol. The number of rotatable bonds is 15. The van der Waals surface area contributed by atoms with Crippen molar-refractivity contribution in [2.24, 2.45) is 11.3 Å². The number of anilines is 1. The second-order valence-electron chi connectivity index (χ2n) is 11.2. The van der Waals surface area contributed by atoms with Crippen molar-refractivity contribution < 1.29 is 32.7 Å². The van der Waals surface area contributed by atoms with Gasteiger partial charge in [0.15, 0.2) is 11.2 Å². The maximum absolute atomic E-state index is 14.1. The van der Waals surface area contributed by atoms with E-state index in [-0.39, 0.29) is 48.1 Å². The quantitative estimate of drug-likeness (QED) is 0.162. The Morgan fingerprint density at radius 2 is 1.91 bits per heavy atom. The first-order chi connectivity index (χ1) is 20.8. The summed E-state index contributed by atoms with van der Waals surface area (Å²) in [7, 11) is -4.19. The topological polar surface area (TPSA) is 190 Å². The average Bonchev–Trinajstić information content (AvgIpc) is 3.50. The molecule has 1 aromatic carbocycles. The van der Waals surface area contributed by atoms with E-state index in [2.05, 4.69) is 20.0 Å². The molecule has 3 aromatic rings. The van der Waals surface area contributed by atoms with E-state index >= 15 is 0 Å². The number of nitrogens with one attached hydrogen (secondary N) is 2. The molecule has 14 nitrogen and oxygen atoms in total. The number of carbonyl (C=O) groups excluding carboxylic acids is 2. The molecule has 4 rings (SSSR count). The van der Waals surface area contributed by atoms with E-state index in [1.54, 1.807) is 57.3 Å². The molecule has 44 heavy (non-hydrogen) atoms. The molecule has 0 aliphatic heterocycles. The molecule has 238 valence electrons. The Bertz CT molecular complexity index is 1620. The number of ether oxygens (including phenoxy) is 2. The molecular formula is C29H39N6O8P. The fourth-order valence-corrected chi connectivity index (χ4v) is 5.96. The Labute approximate surface area is 254 Å². The lowest BCUT2D eigenvalue weighted by Crippen LogP contribution is -2.37. The van der Waals surface area contributed by atoms with E-state index in [1.165, 1.54) is 17.8 Å². The lowest BCUT2D eigenvalue weighted by atomic mass is 10.1. The van der Waals surface area contributed by atoms with Gasteiger partial charge in [0, 0.05) is 6.20 Å². The van der Waals surface area contributed by atoms with Gasteiger partial charge in [-0.15, -0.1) is 0 Å². The highest BCUT2D eigenvalue weighted by atomic mass is 31.2.